The molecule has 112 valence electrons. The maximum Gasteiger partial charge on any atom is 0.238 e. The summed E-state index contributed by atoms with van der Waals surface area (Å²) >= 11 is 0. The number of nitrogens with two attached hydrogens (primary N) is 1. The fraction of sp³-hybridized carbons (Fsp3) is 0.333. The summed E-state index contributed by atoms with van der Waals surface area (Å²) in [6.07, 6.45) is 0.993. The molecule has 1 aliphatic rings. The van der Waals surface area contributed by atoms with Gasteiger partial charge >= 0.3 is 0 Å². The van der Waals surface area contributed by atoms with Crippen LogP contribution in [0.5, 0.6) is 5.75 Å². The van der Waals surface area contributed by atoms with Crippen LogP contribution in [0, 0.1) is 5.92 Å². The Hall–Kier alpha value is -1.63. The van der Waals surface area contributed by atoms with E-state index < -0.39 is 10.0 Å². The number of ether oxygens (including phenoxy) is 2. The largest absolute Gasteiger partial charge is 0.493 e. The minimum absolute atomic E-state index is 0.120. The maximum absolute atomic E-state index is 11.6. The molecular weight excluding hydrogens is 290 g/mol. The van der Waals surface area contributed by atoms with Crippen LogP contribution in [0.25, 0.3) is 10.8 Å². The van der Waals surface area contributed by atoms with Gasteiger partial charge in [-0.05, 0) is 18.6 Å². The van der Waals surface area contributed by atoms with Crippen molar-refractivity contribution in [1.82, 2.24) is 0 Å². The van der Waals surface area contributed by atoms with Crippen LogP contribution in [0.1, 0.15) is 6.42 Å². The number of hydrogen-bond donors (Lipinski definition) is 1. The Morgan fingerprint density at radius 1 is 1.19 bits per heavy atom. The highest BCUT2D eigenvalue weighted by Crippen LogP contribution is 2.31. The molecule has 1 fully saturated rings. The minimum Gasteiger partial charge on any atom is -0.493 e. The predicted molar refractivity (Wildman–Crippen MR) is 79.7 cm³/mol. The predicted octanol–water partition coefficient (Wildman–Crippen LogP) is 1.90. The average Bonchev–Trinajstić information content (AvgIpc) is 2.96. The zero-order valence-corrected chi connectivity index (χ0v) is 12.3. The Morgan fingerprint density at radius 3 is 2.62 bits per heavy atom. The van der Waals surface area contributed by atoms with Crippen molar-refractivity contribution in [3.8, 4) is 5.75 Å². The number of hydrogen-bond acceptors (Lipinski definition) is 4. The smallest absolute Gasteiger partial charge is 0.238 e. The molecule has 0 spiro atoms. The van der Waals surface area contributed by atoms with Crippen LogP contribution in [0.2, 0.25) is 0 Å². The first-order valence-corrected chi connectivity index (χ1v) is 8.35. The Morgan fingerprint density at radius 2 is 1.95 bits per heavy atom. The van der Waals surface area contributed by atoms with Gasteiger partial charge in [-0.3, -0.25) is 0 Å². The van der Waals surface area contributed by atoms with Crippen molar-refractivity contribution in [2.75, 3.05) is 19.8 Å². The average molecular weight is 307 g/mol. The highest BCUT2D eigenvalue weighted by Gasteiger charge is 2.18. The van der Waals surface area contributed by atoms with Crippen molar-refractivity contribution in [3.05, 3.63) is 36.4 Å². The number of rotatable bonds is 4. The Balaban J connectivity index is 1.96. The van der Waals surface area contributed by atoms with Gasteiger partial charge in [-0.25, -0.2) is 13.6 Å². The molecule has 0 aliphatic carbocycles. The molecule has 2 N–H and O–H groups in total. The normalized spacial score (nSPS) is 19.0. The van der Waals surface area contributed by atoms with E-state index in [4.69, 9.17) is 14.6 Å². The van der Waals surface area contributed by atoms with Gasteiger partial charge in [0.05, 0.1) is 18.1 Å². The Labute approximate surface area is 123 Å². The quantitative estimate of drug-likeness (QED) is 0.935. The van der Waals surface area contributed by atoms with Crippen molar-refractivity contribution >= 4 is 20.8 Å². The van der Waals surface area contributed by atoms with E-state index in [0.29, 0.717) is 30.3 Å². The van der Waals surface area contributed by atoms with E-state index in [1.165, 1.54) is 6.07 Å². The van der Waals surface area contributed by atoms with E-state index in [0.717, 1.165) is 18.4 Å². The fourth-order valence-electron chi connectivity index (χ4n) is 2.54. The van der Waals surface area contributed by atoms with Crippen molar-refractivity contribution in [2.45, 2.75) is 11.3 Å². The van der Waals surface area contributed by atoms with E-state index in [1.807, 2.05) is 12.1 Å². The minimum atomic E-state index is -3.75. The SMILES string of the molecule is NS(=O)(=O)c1ccc(OCC2CCOC2)c2ccccc12. The summed E-state index contributed by atoms with van der Waals surface area (Å²) in [6.45, 7) is 2.06. The van der Waals surface area contributed by atoms with Crippen LogP contribution in [0.15, 0.2) is 41.3 Å². The molecule has 0 bridgehead atoms. The molecule has 6 heteroatoms. The third kappa shape index (κ3) is 3.02. The molecule has 0 aromatic heterocycles. The van der Waals surface area contributed by atoms with Crippen molar-refractivity contribution in [1.29, 1.82) is 0 Å². The van der Waals surface area contributed by atoms with Gasteiger partial charge in [-0.15, -0.1) is 0 Å². The zero-order chi connectivity index (χ0) is 14.9. The first-order valence-electron chi connectivity index (χ1n) is 6.81. The van der Waals surface area contributed by atoms with Crippen LogP contribution in [-0.2, 0) is 14.8 Å². The van der Waals surface area contributed by atoms with Gasteiger partial charge in [0.25, 0.3) is 0 Å². The molecule has 0 saturated carbocycles. The number of primary sulfonamides is 1. The fourth-order valence-corrected chi connectivity index (χ4v) is 3.28. The topological polar surface area (TPSA) is 78.6 Å². The monoisotopic (exact) mass is 307 g/mol. The van der Waals surface area contributed by atoms with Gasteiger partial charge in [0.1, 0.15) is 5.75 Å². The molecule has 1 atom stereocenters. The van der Waals surface area contributed by atoms with Gasteiger partial charge < -0.3 is 9.47 Å². The van der Waals surface area contributed by atoms with E-state index in [-0.39, 0.29) is 4.90 Å². The lowest BCUT2D eigenvalue weighted by atomic mass is 10.1. The molecule has 1 aliphatic heterocycles. The molecular formula is C15H17NO4S. The second-order valence-electron chi connectivity index (χ2n) is 5.19. The second-order valence-corrected chi connectivity index (χ2v) is 6.72. The van der Waals surface area contributed by atoms with Crippen LogP contribution >= 0.6 is 0 Å². The van der Waals surface area contributed by atoms with Crippen LogP contribution in [0.4, 0.5) is 0 Å². The molecule has 21 heavy (non-hydrogen) atoms. The van der Waals surface area contributed by atoms with Crippen LogP contribution in [-0.4, -0.2) is 28.2 Å². The molecule has 2 aromatic rings. The van der Waals surface area contributed by atoms with Gasteiger partial charge in [0.15, 0.2) is 0 Å². The van der Waals surface area contributed by atoms with E-state index in [9.17, 15) is 8.42 Å². The standard InChI is InChI=1S/C15H17NO4S/c16-21(17,18)15-6-5-14(12-3-1-2-4-13(12)15)20-10-11-7-8-19-9-11/h1-6,11H,7-10H2,(H2,16,17,18). The third-order valence-electron chi connectivity index (χ3n) is 3.65. The summed E-state index contributed by atoms with van der Waals surface area (Å²) < 4.78 is 34.5. The third-order valence-corrected chi connectivity index (χ3v) is 4.62. The van der Waals surface area contributed by atoms with Gasteiger partial charge in [0.2, 0.25) is 10.0 Å². The molecule has 1 saturated heterocycles. The van der Waals surface area contributed by atoms with Crippen molar-refractivity contribution in [2.24, 2.45) is 11.1 Å². The summed E-state index contributed by atoms with van der Waals surface area (Å²) in [4.78, 5) is 0.120. The van der Waals surface area contributed by atoms with Gasteiger partial charge in [-0.1, -0.05) is 24.3 Å². The highest BCUT2D eigenvalue weighted by molar-refractivity contribution is 7.89. The lowest BCUT2D eigenvalue weighted by Crippen LogP contribution is -2.14. The molecule has 0 amide bonds. The maximum atomic E-state index is 11.6. The molecule has 0 radical (unpaired) electrons. The van der Waals surface area contributed by atoms with Crippen LogP contribution in [0.3, 0.4) is 0 Å². The number of fused-ring (bicyclic) bond motifs is 1. The lowest BCUT2D eigenvalue weighted by molar-refractivity contribution is 0.167. The number of benzene rings is 2. The number of sulfonamides is 1. The summed E-state index contributed by atoms with van der Waals surface area (Å²) in [5.41, 5.74) is 0. The zero-order valence-electron chi connectivity index (χ0n) is 11.5. The van der Waals surface area contributed by atoms with E-state index in [1.54, 1.807) is 18.2 Å². The molecule has 5 nitrogen and oxygen atoms in total. The Bertz CT molecular complexity index is 751. The van der Waals surface area contributed by atoms with Gasteiger partial charge in [0, 0.05) is 23.3 Å². The first kappa shape index (κ1) is 14.3. The van der Waals surface area contributed by atoms with Crippen LogP contribution < -0.4 is 9.88 Å². The second kappa shape index (κ2) is 5.63. The first-order chi connectivity index (χ1) is 10.1. The molecule has 1 unspecified atom stereocenters. The Kier molecular flexibility index (Phi) is 3.84. The molecule has 1 heterocycles. The summed E-state index contributed by atoms with van der Waals surface area (Å²) in [7, 11) is -3.75. The lowest BCUT2D eigenvalue weighted by Gasteiger charge is -2.14. The van der Waals surface area contributed by atoms with Crippen molar-refractivity contribution in [3.63, 3.8) is 0 Å². The highest BCUT2D eigenvalue weighted by atomic mass is 32.2. The summed E-state index contributed by atoms with van der Waals surface area (Å²) in [6, 6.07) is 10.4. The van der Waals surface area contributed by atoms with Crippen molar-refractivity contribution < 1.29 is 17.9 Å². The molecule has 2 aromatic carbocycles. The molecule has 3 rings (SSSR count). The van der Waals surface area contributed by atoms with E-state index in [2.05, 4.69) is 0 Å². The summed E-state index contributed by atoms with van der Waals surface area (Å²) in [5, 5.41) is 6.60. The van der Waals surface area contributed by atoms with E-state index >= 15 is 0 Å². The van der Waals surface area contributed by atoms with Gasteiger partial charge in [-0.2, -0.15) is 0 Å². The summed E-state index contributed by atoms with van der Waals surface area (Å²) in [5.74, 6) is 1.06.